The van der Waals surface area contributed by atoms with Crippen molar-refractivity contribution in [3.05, 3.63) is 34.9 Å². The fourth-order valence-corrected chi connectivity index (χ4v) is 2.11. The third kappa shape index (κ3) is 2.16. The summed E-state index contributed by atoms with van der Waals surface area (Å²) in [5.41, 5.74) is -1.18. The Morgan fingerprint density at radius 1 is 1.41 bits per heavy atom. The summed E-state index contributed by atoms with van der Waals surface area (Å²) in [4.78, 5) is 11.9. The minimum Gasteiger partial charge on any atom is -0.375 e. The number of amides is 1. The van der Waals surface area contributed by atoms with Crippen molar-refractivity contribution in [2.24, 2.45) is 5.92 Å². The summed E-state index contributed by atoms with van der Waals surface area (Å²) in [5, 5.41) is 20.8. The topological polar surface area (TPSA) is 60.8 Å². The number of carbonyl (C=O) groups is 1. The second-order valence-electron chi connectivity index (χ2n) is 4.38. The van der Waals surface area contributed by atoms with Crippen LogP contribution in [0, 0.1) is 5.92 Å². The molecule has 1 aromatic carbocycles. The Kier molecular flexibility index (Phi) is 3.12. The minimum atomic E-state index is -1.64. The molecule has 0 bridgehead atoms. The summed E-state index contributed by atoms with van der Waals surface area (Å²) in [7, 11) is 1.21. The van der Waals surface area contributed by atoms with Crippen molar-refractivity contribution in [3.8, 4) is 0 Å². The number of rotatable bonds is 3. The van der Waals surface area contributed by atoms with Crippen LogP contribution >= 0.6 is 11.6 Å². The lowest BCUT2D eigenvalue weighted by Crippen LogP contribution is -2.45. The molecule has 1 aromatic rings. The molecule has 1 aliphatic rings. The molecule has 0 aromatic heterocycles. The molecule has 5 heteroatoms. The highest BCUT2D eigenvalue weighted by molar-refractivity contribution is 6.30. The Balaban J connectivity index is 2.40. The Morgan fingerprint density at radius 2 is 1.94 bits per heavy atom. The van der Waals surface area contributed by atoms with E-state index in [0.29, 0.717) is 15.6 Å². The predicted molar refractivity (Wildman–Crippen MR) is 62.6 cm³/mol. The first kappa shape index (κ1) is 12.4. The van der Waals surface area contributed by atoms with E-state index >= 15 is 0 Å². The van der Waals surface area contributed by atoms with E-state index < -0.39 is 11.5 Å². The van der Waals surface area contributed by atoms with Gasteiger partial charge in [-0.05, 0) is 30.5 Å². The number of aliphatic hydroxyl groups is 1. The molecule has 2 rings (SSSR count). The van der Waals surface area contributed by atoms with Gasteiger partial charge >= 0.3 is 0 Å². The first-order valence-corrected chi connectivity index (χ1v) is 5.79. The molecule has 17 heavy (non-hydrogen) atoms. The molecule has 1 atom stereocenters. The van der Waals surface area contributed by atoms with Crippen molar-refractivity contribution < 1.29 is 15.1 Å². The molecule has 0 heterocycles. The van der Waals surface area contributed by atoms with E-state index in [0.717, 1.165) is 12.8 Å². The lowest BCUT2D eigenvalue weighted by Gasteiger charge is -2.29. The number of hydroxylamine groups is 2. The Morgan fingerprint density at radius 3 is 2.35 bits per heavy atom. The molecule has 1 saturated carbocycles. The van der Waals surface area contributed by atoms with Gasteiger partial charge in [-0.1, -0.05) is 23.7 Å². The van der Waals surface area contributed by atoms with Gasteiger partial charge in [0.25, 0.3) is 5.91 Å². The van der Waals surface area contributed by atoms with Crippen molar-refractivity contribution in [1.82, 2.24) is 5.06 Å². The van der Waals surface area contributed by atoms with Crippen LogP contribution in [-0.2, 0) is 10.4 Å². The monoisotopic (exact) mass is 255 g/mol. The molecule has 4 nitrogen and oxygen atoms in total. The third-order valence-corrected chi connectivity index (χ3v) is 3.32. The molecule has 1 amide bonds. The summed E-state index contributed by atoms with van der Waals surface area (Å²) in [6.45, 7) is 0. The standard InChI is InChI=1S/C12H14ClNO3/c1-14(17)11(15)12(16,8-2-3-8)9-4-6-10(13)7-5-9/h4-8,16-17H,2-3H2,1H3. The van der Waals surface area contributed by atoms with Crippen molar-refractivity contribution >= 4 is 17.5 Å². The maximum absolute atomic E-state index is 11.9. The largest absolute Gasteiger partial charge is 0.375 e. The van der Waals surface area contributed by atoms with Gasteiger partial charge in [0.2, 0.25) is 0 Å². The quantitative estimate of drug-likeness (QED) is 0.639. The number of halogens is 1. The molecule has 0 aliphatic heterocycles. The zero-order valence-corrected chi connectivity index (χ0v) is 10.2. The molecule has 0 spiro atoms. The lowest BCUT2D eigenvalue weighted by molar-refractivity contribution is -0.184. The first-order valence-electron chi connectivity index (χ1n) is 5.41. The lowest BCUT2D eigenvalue weighted by atomic mass is 9.88. The van der Waals surface area contributed by atoms with Gasteiger partial charge in [0.05, 0.1) is 0 Å². The molecule has 0 radical (unpaired) electrons. The molecule has 1 unspecified atom stereocenters. The number of benzene rings is 1. The highest BCUT2D eigenvalue weighted by Gasteiger charge is 2.52. The second-order valence-corrected chi connectivity index (χ2v) is 4.81. The van der Waals surface area contributed by atoms with Crippen LogP contribution in [0.3, 0.4) is 0 Å². The van der Waals surface area contributed by atoms with Crippen molar-refractivity contribution in [2.75, 3.05) is 7.05 Å². The SMILES string of the molecule is CN(O)C(=O)C(O)(c1ccc(Cl)cc1)C1CC1. The van der Waals surface area contributed by atoms with Crippen molar-refractivity contribution in [2.45, 2.75) is 18.4 Å². The molecule has 0 saturated heterocycles. The molecular weight excluding hydrogens is 242 g/mol. The second kappa shape index (κ2) is 4.29. The van der Waals surface area contributed by atoms with Gasteiger partial charge < -0.3 is 5.11 Å². The van der Waals surface area contributed by atoms with Gasteiger partial charge in [-0.3, -0.25) is 10.0 Å². The molecule has 1 aliphatic carbocycles. The average Bonchev–Trinajstić information content (AvgIpc) is 3.12. The van der Waals surface area contributed by atoms with Crippen LogP contribution in [0.5, 0.6) is 0 Å². The van der Waals surface area contributed by atoms with E-state index in [4.69, 9.17) is 11.6 Å². The number of hydrogen-bond donors (Lipinski definition) is 2. The van der Waals surface area contributed by atoms with Crippen molar-refractivity contribution in [1.29, 1.82) is 0 Å². The Hall–Kier alpha value is -1.10. The summed E-state index contributed by atoms with van der Waals surface area (Å²) >= 11 is 5.77. The van der Waals surface area contributed by atoms with Gasteiger partial charge in [-0.15, -0.1) is 0 Å². The van der Waals surface area contributed by atoms with Crippen LogP contribution in [0.2, 0.25) is 5.02 Å². The summed E-state index contributed by atoms with van der Waals surface area (Å²) < 4.78 is 0. The maximum atomic E-state index is 11.9. The van der Waals surface area contributed by atoms with Gasteiger partial charge in [-0.25, -0.2) is 5.06 Å². The number of hydrogen-bond acceptors (Lipinski definition) is 3. The number of nitrogens with zero attached hydrogens (tertiary/aromatic N) is 1. The summed E-state index contributed by atoms with van der Waals surface area (Å²) in [5.74, 6) is -0.840. The highest BCUT2D eigenvalue weighted by atomic mass is 35.5. The maximum Gasteiger partial charge on any atom is 0.282 e. The number of carbonyl (C=O) groups excluding carboxylic acids is 1. The summed E-state index contributed by atoms with van der Waals surface area (Å²) in [6, 6.07) is 6.47. The van der Waals surface area contributed by atoms with E-state index in [9.17, 15) is 15.1 Å². The average molecular weight is 256 g/mol. The molecule has 2 N–H and O–H groups in total. The van der Waals surface area contributed by atoms with E-state index in [-0.39, 0.29) is 5.92 Å². The Labute approximate surface area is 104 Å². The van der Waals surface area contributed by atoms with E-state index in [1.54, 1.807) is 24.3 Å². The summed E-state index contributed by atoms with van der Waals surface area (Å²) in [6.07, 6.45) is 1.55. The van der Waals surface area contributed by atoms with Crippen LogP contribution in [0.4, 0.5) is 0 Å². The van der Waals surface area contributed by atoms with E-state index in [2.05, 4.69) is 0 Å². The van der Waals surface area contributed by atoms with Gasteiger partial charge in [0.1, 0.15) is 0 Å². The van der Waals surface area contributed by atoms with Crippen LogP contribution in [0.25, 0.3) is 0 Å². The predicted octanol–water partition coefficient (Wildman–Crippen LogP) is 1.79. The fraction of sp³-hybridized carbons (Fsp3) is 0.417. The van der Waals surface area contributed by atoms with E-state index in [1.807, 2.05) is 0 Å². The molecule has 1 fully saturated rings. The van der Waals surface area contributed by atoms with Crippen molar-refractivity contribution in [3.63, 3.8) is 0 Å². The minimum absolute atomic E-state index is 0.134. The number of likely N-dealkylation sites (N-methyl/N-ethyl adjacent to an activating group) is 1. The van der Waals surface area contributed by atoms with E-state index in [1.165, 1.54) is 7.05 Å². The van der Waals surface area contributed by atoms with Gasteiger partial charge in [0, 0.05) is 18.0 Å². The normalized spacial score (nSPS) is 18.6. The zero-order valence-electron chi connectivity index (χ0n) is 9.43. The molecular formula is C12H14ClNO3. The van der Waals surface area contributed by atoms with Gasteiger partial charge in [0.15, 0.2) is 5.60 Å². The third-order valence-electron chi connectivity index (χ3n) is 3.07. The van der Waals surface area contributed by atoms with Crippen LogP contribution in [0.15, 0.2) is 24.3 Å². The van der Waals surface area contributed by atoms with Gasteiger partial charge in [-0.2, -0.15) is 0 Å². The zero-order chi connectivity index (χ0) is 12.6. The first-order chi connectivity index (χ1) is 7.96. The van der Waals surface area contributed by atoms with Crippen LogP contribution in [-0.4, -0.2) is 28.3 Å². The smallest absolute Gasteiger partial charge is 0.282 e. The molecule has 92 valence electrons. The Bertz CT molecular complexity index is 428. The van der Waals surface area contributed by atoms with Crippen LogP contribution < -0.4 is 0 Å². The fourth-order valence-electron chi connectivity index (χ4n) is 1.99. The van der Waals surface area contributed by atoms with Crippen LogP contribution in [0.1, 0.15) is 18.4 Å². The highest BCUT2D eigenvalue weighted by Crippen LogP contribution is 2.46.